The molecule has 0 aliphatic carbocycles. The first kappa shape index (κ1) is 16.6. The first-order valence-electron chi connectivity index (χ1n) is 8.79. The molecule has 0 bridgehead atoms. The summed E-state index contributed by atoms with van der Waals surface area (Å²) in [6, 6.07) is 11.1. The van der Waals surface area contributed by atoms with Crippen LogP contribution in [0.25, 0.3) is 0 Å². The van der Waals surface area contributed by atoms with E-state index >= 15 is 0 Å². The van der Waals surface area contributed by atoms with Gasteiger partial charge in [0.2, 0.25) is 6.10 Å². The van der Waals surface area contributed by atoms with E-state index < -0.39 is 6.10 Å². The molecule has 6 heteroatoms. The Bertz CT molecular complexity index is 835. The van der Waals surface area contributed by atoms with E-state index in [-0.39, 0.29) is 18.6 Å². The molecule has 0 saturated heterocycles. The predicted molar refractivity (Wildman–Crippen MR) is 96.4 cm³/mol. The van der Waals surface area contributed by atoms with E-state index in [1.54, 1.807) is 6.07 Å². The van der Waals surface area contributed by atoms with Gasteiger partial charge in [-0.05, 0) is 32.0 Å². The lowest BCUT2D eigenvalue weighted by Gasteiger charge is -2.26. The second kappa shape index (κ2) is 6.78. The maximum absolute atomic E-state index is 12.7. The number of anilines is 1. The Balaban J connectivity index is 1.53. The summed E-state index contributed by atoms with van der Waals surface area (Å²) in [7, 11) is 0. The molecule has 136 valence electrons. The van der Waals surface area contributed by atoms with Gasteiger partial charge in [0.1, 0.15) is 24.2 Å². The van der Waals surface area contributed by atoms with Crippen molar-refractivity contribution in [3.8, 4) is 23.0 Å². The van der Waals surface area contributed by atoms with Gasteiger partial charge in [-0.2, -0.15) is 0 Å². The van der Waals surface area contributed by atoms with Crippen LogP contribution in [-0.4, -0.2) is 31.3 Å². The normalized spacial score (nSPS) is 20.1. The van der Waals surface area contributed by atoms with Gasteiger partial charge in [0.25, 0.3) is 5.91 Å². The van der Waals surface area contributed by atoms with Gasteiger partial charge in [-0.25, -0.2) is 0 Å². The van der Waals surface area contributed by atoms with Crippen molar-refractivity contribution in [1.82, 2.24) is 0 Å². The van der Waals surface area contributed by atoms with Crippen LogP contribution in [0.1, 0.15) is 19.4 Å². The monoisotopic (exact) mass is 355 g/mol. The number of nitrogens with one attached hydrogen (secondary N) is 1. The molecule has 2 atom stereocenters. The van der Waals surface area contributed by atoms with Crippen LogP contribution in [0.15, 0.2) is 36.4 Å². The highest BCUT2D eigenvalue weighted by Crippen LogP contribution is 2.38. The maximum atomic E-state index is 12.7. The standard InChI is InChI=1S/C20H21NO5/c1-3-23-18-9-13-8-12(2)25-17(13)10-14(18)21-20(22)19-11-24-15-6-4-5-7-16(15)26-19/h4-7,9-10,12,19H,3,8,11H2,1-2H3,(H,21,22)/t12-,19-/m0/s1. The molecule has 0 unspecified atom stereocenters. The predicted octanol–water partition coefficient (Wildman–Crippen LogP) is 3.19. The van der Waals surface area contributed by atoms with E-state index in [0.29, 0.717) is 29.5 Å². The lowest BCUT2D eigenvalue weighted by molar-refractivity contribution is -0.125. The Morgan fingerprint density at radius 1 is 1.19 bits per heavy atom. The molecule has 1 amide bonds. The quantitative estimate of drug-likeness (QED) is 0.912. The van der Waals surface area contributed by atoms with Crippen LogP contribution < -0.4 is 24.3 Å². The highest BCUT2D eigenvalue weighted by molar-refractivity contribution is 5.96. The highest BCUT2D eigenvalue weighted by atomic mass is 16.6. The van der Waals surface area contributed by atoms with Crippen LogP contribution in [0.5, 0.6) is 23.0 Å². The van der Waals surface area contributed by atoms with E-state index in [2.05, 4.69) is 5.32 Å². The minimum absolute atomic E-state index is 0.122. The fourth-order valence-electron chi connectivity index (χ4n) is 3.17. The summed E-state index contributed by atoms with van der Waals surface area (Å²) in [6.07, 6.45) is 0.226. The zero-order valence-electron chi connectivity index (χ0n) is 14.8. The fourth-order valence-corrected chi connectivity index (χ4v) is 3.17. The van der Waals surface area contributed by atoms with Gasteiger partial charge in [-0.15, -0.1) is 0 Å². The van der Waals surface area contributed by atoms with Gasteiger partial charge >= 0.3 is 0 Å². The number of amides is 1. The van der Waals surface area contributed by atoms with Crippen LogP contribution in [0.3, 0.4) is 0 Å². The van der Waals surface area contributed by atoms with Crippen molar-refractivity contribution < 1.29 is 23.7 Å². The van der Waals surface area contributed by atoms with Gasteiger partial charge in [0, 0.05) is 18.1 Å². The van der Waals surface area contributed by atoms with Crippen molar-refractivity contribution in [3.05, 3.63) is 42.0 Å². The molecule has 2 aromatic carbocycles. The first-order valence-corrected chi connectivity index (χ1v) is 8.79. The lowest BCUT2D eigenvalue weighted by atomic mass is 10.1. The molecule has 0 saturated carbocycles. The number of para-hydroxylation sites is 2. The third kappa shape index (κ3) is 3.14. The molecule has 2 heterocycles. The third-order valence-corrected chi connectivity index (χ3v) is 4.36. The minimum Gasteiger partial charge on any atom is -0.492 e. The molecule has 0 radical (unpaired) electrons. The van der Waals surface area contributed by atoms with E-state index in [1.165, 1.54) is 0 Å². The van der Waals surface area contributed by atoms with E-state index in [4.69, 9.17) is 18.9 Å². The Kier molecular flexibility index (Phi) is 4.32. The Morgan fingerprint density at radius 2 is 2.00 bits per heavy atom. The summed E-state index contributed by atoms with van der Waals surface area (Å²) < 4.78 is 22.9. The number of carbonyl (C=O) groups is 1. The average molecular weight is 355 g/mol. The minimum atomic E-state index is -0.729. The molecule has 0 aromatic heterocycles. The van der Waals surface area contributed by atoms with Crippen LogP contribution in [0.2, 0.25) is 0 Å². The zero-order chi connectivity index (χ0) is 18.1. The second-order valence-corrected chi connectivity index (χ2v) is 6.38. The second-order valence-electron chi connectivity index (χ2n) is 6.38. The lowest BCUT2D eigenvalue weighted by Crippen LogP contribution is -2.40. The van der Waals surface area contributed by atoms with E-state index in [0.717, 1.165) is 17.7 Å². The van der Waals surface area contributed by atoms with Gasteiger partial charge < -0.3 is 24.3 Å². The summed E-state index contributed by atoms with van der Waals surface area (Å²) in [4.78, 5) is 12.7. The van der Waals surface area contributed by atoms with Crippen molar-refractivity contribution in [2.24, 2.45) is 0 Å². The molecule has 4 rings (SSSR count). The van der Waals surface area contributed by atoms with Crippen molar-refractivity contribution >= 4 is 11.6 Å². The van der Waals surface area contributed by atoms with Gasteiger partial charge in [-0.1, -0.05) is 12.1 Å². The summed E-state index contributed by atoms with van der Waals surface area (Å²) in [5.74, 6) is 2.34. The Morgan fingerprint density at radius 3 is 2.81 bits per heavy atom. The Hall–Kier alpha value is -2.89. The van der Waals surface area contributed by atoms with E-state index in [1.807, 2.05) is 44.2 Å². The van der Waals surface area contributed by atoms with Crippen molar-refractivity contribution in [1.29, 1.82) is 0 Å². The van der Waals surface area contributed by atoms with Gasteiger partial charge in [-0.3, -0.25) is 4.79 Å². The number of carbonyl (C=O) groups excluding carboxylic acids is 1. The van der Waals surface area contributed by atoms with Crippen molar-refractivity contribution in [2.45, 2.75) is 32.5 Å². The van der Waals surface area contributed by atoms with Crippen LogP contribution in [-0.2, 0) is 11.2 Å². The molecule has 2 aliphatic heterocycles. The number of ether oxygens (including phenoxy) is 4. The smallest absolute Gasteiger partial charge is 0.269 e. The van der Waals surface area contributed by atoms with E-state index in [9.17, 15) is 4.79 Å². The SMILES string of the molecule is CCOc1cc2c(cc1NC(=O)[C@@H]1COc3ccccc3O1)O[C@@H](C)C2. The summed E-state index contributed by atoms with van der Waals surface area (Å²) in [6.45, 7) is 4.59. The van der Waals surface area contributed by atoms with Crippen molar-refractivity contribution in [2.75, 3.05) is 18.5 Å². The third-order valence-electron chi connectivity index (χ3n) is 4.36. The Labute approximate surface area is 152 Å². The molecular formula is C20H21NO5. The number of rotatable bonds is 4. The van der Waals surface area contributed by atoms with Gasteiger partial charge in [0.15, 0.2) is 11.5 Å². The van der Waals surface area contributed by atoms with Crippen LogP contribution >= 0.6 is 0 Å². The molecule has 1 N–H and O–H groups in total. The molecule has 2 aromatic rings. The molecule has 0 fully saturated rings. The molecule has 2 aliphatic rings. The summed E-state index contributed by atoms with van der Waals surface area (Å²) in [5.41, 5.74) is 1.66. The van der Waals surface area contributed by atoms with Gasteiger partial charge in [0.05, 0.1) is 12.3 Å². The molecular weight excluding hydrogens is 334 g/mol. The number of benzene rings is 2. The summed E-state index contributed by atoms with van der Waals surface area (Å²) >= 11 is 0. The van der Waals surface area contributed by atoms with Crippen LogP contribution in [0.4, 0.5) is 5.69 Å². The number of fused-ring (bicyclic) bond motifs is 2. The first-order chi connectivity index (χ1) is 12.6. The highest BCUT2D eigenvalue weighted by Gasteiger charge is 2.29. The maximum Gasteiger partial charge on any atom is 0.269 e. The molecule has 6 nitrogen and oxygen atoms in total. The van der Waals surface area contributed by atoms with Crippen molar-refractivity contribution in [3.63, 3.8) is 0 Å². The average Bonchev–Trinajstić information content (AvgIpc) is 3.00. The summed E-state index contributed by atoms with van der Waals surface area (Å²) in [5, 5.41) is 2.89. The molecule has 0 spiro atoms. The topological polar surface area (TPSA) is 66.0 Å². The number of hydrogen-bond acceptors (Lipinski definition) is 5. The van der Waals surface area contributed by atoms with Crippen LogP contribution in [0, 0.1) is 0 Å². The largest absolute Gasteiger partial charge is 0.492 e. The zero-order valence-corrected chi connectivity index (χ0v) is 14.8. The molecule has 26 heavy (non-hydrogen) atoms. The number of hydrogen-bond donors (Lipinski definition) is 1. The fraction of sp³-hybridized carbons (Fsp3) is 0.350.